The summed E-state index contributed by atoms with van der Waals surface area (Å²) in [6, 6.07) is 20.3. The molecular formula is C19H20O. The molecule has 0 heterocycles. The van der Waals surface area contributed by atoms with Crippen LogP contribution in [0.4, 0.5) is 0 Å². The molecule has 0 bridgehead atoms. The van der Waals surface area contributed by atoms with Crippen LogP contribution in [0, 0.1) is 5.92 Å². The van der Waals surface area contributed by atoms with E-state index in [1.807, 2.05) is 36.4 Å². The minimum Gasteiger partial charge on any atom is -0.299 e. The van der Waals surface area contributed by atoms with E-state index in [1.54, 1.807) is 0 Å². The van der Waals surface area contributed by atoms with Gasteiger partial charge in [0.25, 0.3) is 0 Å². The molecule has 0 radical (unpaired) electrons. The van der Waals surface area contributed by atoms with Crippen molar-refractivity contribution < 1.29 is 4.79 Å². The van der Waals surface area contributed by atoms with E-state index in [1.165, 1.54) is 19.3 Å². The Morgan fingerprint density at radius 2 is 1.40 bits per heavy atom. The second-order valence-electron chi connectivity index (χ2n) is 5.72. The number of ketones is 1. The Morgan fingerprint density at radius 1 is 0.900 bits per heavy atom. The van der Waals surface area contributed by atoms with Crippen LogP contribution < -0.4 is 0 Å². The molecule has 0 aromatic heterocycles. The first kappa shape index (κ1) is 13.1. The van der Waals surface area contributed by atoms with Crippen molar-refractivity contribution in [3.05, 3.63) is 71.8 Å². The summed E-state index contributed by atoms with van der Waals surface area (Å²) >= 11 is 0. The molecule has 0 amide bonds. The van der Waals surface area contributed by atoms with Crippen LogP contribution in [0.25, 0.3) is 0 Å². The molecule has 0 aliphatic heterocycles. The molecular weight excluding hydrogens is 244 g/mol. The Kier molecular flexibility index (Phi) is 3.96. The second-order valence-corrected chi connectivity index (χ2v) is 5.72. The maximum atomic E-state index is 12.7. The van der Waals surface area contributed by atoms with E-state index in [0.29, 0.717) is 11.7 Å². The average molecular weight is 264 g/mol. The summed E-state index contributed by atoms with van der Waals surface area (Å²) in [7, 11) is 0. The van der Waals surface area contributed by atoms with Gasteiger partial charge >= 0.3 is 0 Å². The summed E-state index contributed by atoms with van der Waals surface area (Å²) in [5.41, 5.74) is 2.23. The maximum absolute atomic E-state index is 12.7. The van der Waals surface area contributed by atoms with Crippen LogP contribution in [0.15, 0.2) is 60.7 Å². The lowest BCUT2D eigenvalue weighted by atomic mass is 9.77. The van der Waals surface area contributed by atoms with Crippen LogP contribution in [0.2, 0.25) is 0 Å². The van der Waals surface area contributed by atoms with Crippen molar-refractivity contribution in [3.8, 4) is 0 Å². The number of benzene rings is 2. The fraction of sp³-hybridized carbons (Fsp3) is 0.316. The zero-order chi connectivity index (χ0) is 13.8. The average Bonchev–Trinajstić information content (AvgIpc) is 2.46. The third-order valence-corrected chi connectivity index (χ3v) is 4.30. The zero-order valence-corrected chi connectivity index (χ0v) is 11.7. The van der Waals surface area contributed by atoms with E-state index in [4.69, 9.17) is 0 Å². The van der Waals surface area contributed by atoms with Crippen LogP contribution >= 0.6 is 0 Å². The molecule has 0 N–H and O–H groups in total. The smallest absolute Gasteiger partial charge is 0.145 e. The lowest BCUT2D eigenvalue weighted by molar-refractivity contribution is -0.121. The molecule has 0 unspecified atom stereocenters. The van der Waals surface area contributed by atoms with Crippen molar-refractivity contribution in [1.82, 2.24) is 0 Å². The number of carbonyl (C=O) groups is 1. The number of Topliss-reactive ketones (excluding diaryl/α,β-unsaturated/α-hetero) is 1. The summed E-state index contributed by atoms with van der Waals surface area (Å²) in [5.74, 6) is 0.891. The maximum Gasteiger partial charge on any atom is 0.145 e. The summed E-state index contributed by atoms with van der Waals surface area (Å²) in [4.78, 5) is 12.7. The van der Waals surface area contributed by atoms with E-state index in [2.05, 4.69) is 24.3 Å². The fourth-order valence-corrected chi connectivity index (χ4v) is 2.95. The highest BCUT2D eigenvalue weighted by Crippen LogP contribution is 2.34. The molecule has 2 aromatic rings. The van der Waals surface area contributed by atoms with Gasteiger partial charge in [0.1, 0.15) is 5.78 Å². The normalized spacial score (nSPS) is 15.1. The van der Waals surface area contributed by atoms with Gasteiger partial charge in [-0.1, -0.05) is 79.9 Å². The van der Waals surface area contributed by atoms with Gasteiger partial charge in [-0.15, -0.1) is 0 Å². The third-order valence-electron chi connectivity index (χ3n) is 4.30. The molecule has 1 nitrogen and oxygen atoms in total. The van der Waals surface area contributed by atoms with Crippen LogP contribution in [0.5, 0.6) is 0 Å². The van der Waals surface area contributed by atoms with Gasteiger partial charge in [0.05, 0.1) is 5.92 Å². The largest absolute Gasteiger partial charge is 0.299 e. The zero-order valence-electron chi connectivity index (χ0n) is 11.7. The second kappa shape index (κ2) is 6.04. The summed E-state index contributed by atoms with van der Waals surface area (Å²) in [6.07, 6.45) is 4.47. The van der Waals surface area contributed by atoms with Gasteiger partial charge in [0.15, 0.2) is 0 Å². The van der Waals surface area contributed by atoms with E-state index >= 15 is 0 Å². The topological polar surface area (TPSA) is 17.1 Å². The van der Waals surface area contributed by atoms with E-state index in [0.717, 1.165) is 17.5 Å². The molecule has 20 heavy (non-hydrogen) atoms. The van der Waals surface area contributed by atoms with Crippen molar-refractivity contribution >= 4 is 5.78 Å². The van der Waals surface area contributed by atoms with Crippen molar-refractivity contribution in [3.63, 3.8) is 0 Å². The molecule has 102 valence electrons. The van der Waals surface area contributed by atoms with Gasteiger partial charge in [-0.3, -0.25) is 4.79 Å². The Morgan fingerprint density at radius 3 is 1.80 bits per heavy atom. The van der Waals surface area contributed by atoms with Crippen molar-refractivity contribution in [1.29, 1.82) is 0 Å². The molecule has 1 heteroatoms. The number of rotatable bonds is 5. The number of carbonyl (C=O) groups excluding carboxylic acids is 1. The van der Waals surface area contributed by atoms with Crippen molar-refractivity contribution in [2.75, 3.05) is 0 Å². The number of hydrogen-bond donors (Lipinski definition) is 0. The molecule has 1 fully saturated rings. The lowest BCUT2D eigenvalue weighted by Crippen LogP contribution is -2.21. The van der Waals surface area contributed by atoms with Crippen molar-refractivity contribution in [2.24, 2.45) is 5.92 Å². The summed E-state index contributed by atoms with van der Waals surface area (Å²) in [6.45, 7) is 0. The molecule has 1 saturated carbocycles. The molecule has 0 saturated heterocycles. The molecule has 0 spiro atoms. The molecule has 1 aliphatic rings. The van der Waals surface area contributed by atoms with E-state index in [-0.39, 0.29) is 5.92 Å². The van der Waals surface area contributed by atoms with E-state index < -0.39 is 0 Å². The minimum atomic E-state index is -0.0991. The van der Waals surface area contributed by atoms with Crippen LogP contribution in [0.1, 0.15) is 42.7 Å². The first-order valence-electron chi connectivity index (χ1n) is 7.47. The molecule has 2 aromatic carbocycles. The lowest BCUT2D eigenvalue weighted by Gasteiger charge is -2.27. The molecule has 3 rings (SSSR count). The predicted molar refractivity (Wildman–Crippen MR) is 81.7 cm³/mol. The Balaban J connectivity index is 1.89. The van der Waals surface area contributed by atoms with Gasteiger partial charge in [0, 0.05) is 6.42 Å². The van der Waals surface area contributed by atoms with Crippen LogP contribution in [-0.2, 0) is 4.79 Å². The van der Waals surface area contributed by atoms with Crippen LogP contribution in [-0.4, -0.2) is 5.78 Å². The minimum absolute atomic E-state index is 0.0991. The highest BCUT2D eigenvalue weighted by Gasteiger charge is 2.27. The molecule has 0 atom stereocenters. The predicted octanol–water partition coefficient (Wildman–Crippen LogP) is 4.58. The Bertz CT molecular complexity index is 515. The molecule has 1 aliphatic carbocycles. The van der Waals surface area contributed by atoms with Gasteiger partial charge in [-0.25, -0.2) is 0 Å². The van der Waals surface area contributed by atoms with Gasteiger partial charge in [-0.05, 0) is 17.0 Å². The highest BCUT2D eigenvalue weighted by atomic mass is 16.1. The SMILES string of the molecule is O=C(CC1CCC1)C(c1ccccc1)c1ccccc1. The highest BCUT2D eigenvalue weighted by molar-refractivity contribution is 5.89. The Labute approximate surface area is 120 Å². The van der Waals surface area contributed by atoms with E-state index in [9.17, 15) is 4.79 Å². The summed E-state index contributed by atoms with van der Waals surface area (Å²) in [5, 5.41) is 0. The van der Waals surface area contributed by atoms with Crippen molar-refractivity contribution in [2.45, 2.75) is 31.6 Å². The van der Waals surface area contributed by atoms with Crippen LogP contribution in [0.3, 0.4) is 0 Å². The quantitative estimate of drug-likeness (QED) is 0.772. The standard InChI is InChI=1S/C19H20O/c20-18(14-15-8-7-9-15)19(16-10-3-1-4-11-16)17-12-5-2-6-13-17/h1-6,10-13,15,19H,7-9,14H2. The van der Waals surface area contributed by atoms with Gasteiger partial charge in [-0.2, -0.15) is 0 Å². The Hall–Kier alpha value is -1.89. The summed E-state index contributed by atoms with van der Waals surface area (Å²) < 4.78 is 0. The fourth-order valence-electron chi connectivity index (χ4n) is 2.95. The first-order chi connectivity index (χ1) is 9.84. The third kappa shape index (κ3) is 2.82. The monoisotopic (exact) mass is 264 g/mol. The first-order valence-corrected chi connectivity index (χ1v) is 7.47. The number of hydrogen-bond acceptors (Lipinski definition) is 1. The van der Waals surface area contributed by atoms with Gasteiger partial charge < -0.3 is 0 Å². The van der Waals surface area contributed by atoms with Gasteiger partial charge in [0.2, 0.25) is 0 Å².